The van der Waals surface area contributed by atoms with Crippen molar-refractivity contribution in [3.63, 3.8) is 0 Å². The second-order valence-corrected chi connectivity index (χ2v) is 8.55. The van der Waals surface area contributed by atoms with Gasteiger partial charge in [0.1, 0.15) is 0 Å². The first-order valence-corrected chi connectivity index (χ1v) is 10.7. The number of hydrogen-bond donors (Lipinski definition) is 1. The Morgan fingerprint density at radius 1 is 0.839 bits per heavy atom. The van der Waals surface area contributed by atoms with Gasteiger partial charge in [0.05, 0.1) is 27.3 Å². The van der Waals surface area contributed by atoms with Crippen LogP contribution in [0.3, 0.4) is 0 Å². The van der Waals surface area contributed by atoms with Crippen molar-refractivity contribution in [1.29, 1.82) is 0 Å². The Balaban J connectivity index is 1.59. The van der Waals surface area contributed by atoms with Crippen LogP contribution in [-0.4, -0.2) is 31.3 Å². The van der Waals surface area contributed by atoms with Gasteiger partial charge in [-0.1, -0.05) is 40.9 Å². The molecule has 1 aliphatic rings. The number of hydroxylamine groups is 2. The molecular weight excluding hydrogens is 444 g/mol. The van der Waals surface area contributed by atoms with Gasteiger partial charge < -0.3 is 4.84 Å². The van der Waals surface area contributed by atoms with Gasteiger partial charge in [0, 0.05) is 5.02 Å². The number of nitrogens with one attached hydrogen (secondary N) is 1. The highest BCUT2D eigenvalue weighted by Gasteiger charge is 2.39. The molecule has 156 valence electrons. The summed E-state index contributed by atoms with van der Waals surface area (Å²) in [5.41, 5.74) is -0.0512. The zero-order chi connectivity index (χ0) is 22.2. The Hall–Kier alpha value is -3.69. The monoisotopic (exact) mass is 456 g/mol. The first-order valence-electron chi connectivity index (χ1n) is 8.85. The van der Waals surface area contributed by atoms with Crippen LogP contribution >= 0.6 is 11.6 Å². The van der Waals surface area contributed by atoms with Crippen molar-refractivity contribution < 1.29 is 27.6 Å². The third kappa shape index (κ3) is 3.88. The lowest BCUT2D eigenvalue weighted by Crippen LogP contribution is -2.33. The molecule has 1 N–H and O–H groups in total. The summed E-state index contributed by atoms with van der Waals surface area (Å²) in [6.07, 6.45) is 0. The summed E-state index contributed by atoms with van der Waals surface area (Å²) >= 11 is 5.79. The Kier molecular flexibility index (Phi) is 5.22. The number of hydrogen-bond acceptors (Lipinski definition) is 6. The van der Waals surface area contributed by atoms with Crippen molar-refractivity contribution in [3.05, 3.63) is 94.5 Å². The largest absolute Gasteiger partial charge is 0.366 e. The van der Waals surface area contributed by atoms with E-state index in [9.17, 15) is 22.8 Å². The molecule has 0 fully saturated rings. The molecule has 2 amide bonds. The lowest BCUT2D eigenvalue weighted by Gasteiger charge is -2.15. The van der Waals surface area contributed by atoms with Gasteiger partial charge in [0.25, 0.3) is 21.8 Å². The summed E-state index contributed by atoms with van der Waals surface area (Å²) < 4.78 is 27.6. The lowest BCUT2D eigenvalue weighted by molar-refractivity contribution is -0.0583. The van der Waals surface area contributed by atoms with E-state index in [0.717, 1.165) is 0 Å². The van der Waals surface area contributed by atoms with Gasteiger partial charge in [0.2, 0.25) is 0 Å². The minimum Gasteiger partial charge on any atom is -0.324 e. The van der Waals surface area contributed by atoms with Crippen molar-refractivity contribution in [3.8, 4) is 0 Å². The minimum absolute atomic E-state index is 0.0691. The minimum atomic E-state index is -4.04. The maximum atomic E-state index is 12.7. The molecule has 0 unspecified atom stereocenters. The van der Waals surface area contributed by atoms with Crippen LogP contribution < -0.4 is 4.72 Å². The number of para-hydroxylation sites is 1. The van der Waals surface area contributed by atoms with E-state index in [0.29, 0.717) is 10.1 Å². The van der Waals surface area contributed by atoms with E-state index in [1.54, 1.807) is 12.1 Å². The molecule has 3 aromatic rings. The number of fused-ring (bicyclic) bond motifs is 1. The zero-order valence-electron chi connectivity index (χ0n) is 15.6. The van der Waals surface area contributed by atoms with Crippen LogP contribution in [0.4, 0.5) is 5.69 Å². The molecule has 0 bridgehead atoms. The molecule has 1 heterocycles. The number of nitrogens with zero attached hydrogens (tertiary/aromatic N) is 1. The van der Waals surface area contributed by atoms with Crippen LogP contribution in [0.5, 0.6) is 0 Å². The number of halogens is 1. The first kappa shape index (κ1) is 20.6. The average molecular weight is 457 g/mol. The van der Waals surface area contributed by atoms with E-state index in [1.807, 2.05) is 0 Å². The van der Waals surface area contributed by atoms with Gasteiger partial charge in [-0.25, -0.2) is 13.2 Å². The van der Waals surface area contributed by atoms with E-state index in [2.05, 4.69) is 4.72 Å². The van der Waals surface area contributed by atoms with E-state index in [4.69, 9.17) is 16.4 Å². The van der Waals surface area contributed by atoms with Gasteiger partial charge in [0.15, 0.2) is 0 Å². The molecule has 1 aliphatic heterocycles. The Labute approximate surface area is 182 Å². The molecule has 0 aliphatic carbocycles. The number of sulfonamides is 1. The molecule has 0 spiro atoms. The van der Waals surface area contributed by atoms with Gasteiger partial charge in [-0.2, -0.15) is 0 Å². The van der Waals surface area contributed by atoms with Gasteiger partial charge in [-0.3, -0.25) is 14.3 Å². The number of benzene rings is 3. The number of carbonyl (C=O) groups excluding carboxylic acids is 3. The predicted octanol–water partition coefficient (Wildman–Crippen LogP) is 3.51. The van der Waals surface area contributed by atoms with Crippen molar-refractivity contribution >= 4 is 45.1 Å². The smallest absolute Gasteiger partial charge is 0.324 e. The molecule has 10 heteroatoms. The lowest BCUT2D eigenvalue weighted by atomic mass is 10.1. The Morgan fingerprint density at radius 3 is 2.00 bits per heavy atom. The maximum absolute atomic E-state index is 12.7. The summed E-state index contributed by atoms with van der Waals surface area (Å²) in [4.78, 5) is 42.5. The first-order chi connectivity index (χ1) is 14.8. The topological polar surface area (TPSA) is 110 Å². The van der Waals surface area contributed by atoms with Crippen LogP contribution in [-0.2, 0) is 14.9 Å². The molecule has 3 aromatic carbocycles. The molecule has 0 saturated heterocycles. The molecule has 0 aromatic heterocycles. The molecule has 0 saturated carbocycles. The van der Waals surface area contributed by atoms with Gasteiger partial charge >= 0.3 is 5.97 Å². The van der Waals surface area contributed by atoms with Crippen LogP contribution in [0.1, 0.15) is 31.1 Å². The van der Waals surface area contributed by atoms with Gasteiger partial charge in [-0.05, 0) is 48.5 Å². The zero-order valence-corrected chi connectivity index (χ0v) is 17.2. The SMILES string of the molecule is O=C(ON1C(=O)c2ccccc2C1=O)c1ccccc1NS(=O)(=O)c1ccc(Cl)cc1. The number of carbonyl (C=O) groups is 3. The fourth-order valence-corrected chi connectivity index (χ4v) is 4.16. The highest BCUT2D eigenvalue weighted by Crippen LogP contribution is 2.26. The third-order valence-electron chi connectivity index (χ3n) is 4.45. The van der Waals surface area contributed by atoms with Crippen LogP contribution in [0, 0.1) is 0 Å². The Morgan fingerprint density at radius 2 is 1.39 bits per heavy atom. The van der Waals surface area contributed by atoms with Crippen LogP contribution in [0.15, 0.2) is 77.7 Å². The summed E-state index contributed by atoms with van der Waals surface area (Å²) in [7, 11) is -4.04. The number of imide groups is 1. The summed E-state index contributed by atoms with van der Waals surface area (Å²) in [6.45, 7) is 0. The standard InChI is InChI=1S/C21H13ClN2O6S/c22-13-9-11-14(12-10-13)31(28,29)23-18-8-4-3-7-17(18)21(27)30-24-19(25)15-5-1-2-6-16(15)20(24)26/h1-12,23H. The summed E-state index contributed by atoms with van der Waals surface area (Å²) in [5, 5.41) is 0.723. The normalized spacial score (nSPS) is 13.1. The van der Waals surface area contributed by atoms with Crippen LogP contribution in [0.2, 0.25) is 5.02 Å². The van der Waals surface area contributed by atoms with Gasteiger partial charge in [-0.15, -0.1) is 0 Å². The molecule has 8 nitrogen and oxygen atoms in total. The second kappa shape index (κ2) is 7.86. The van der Waals surface area contributed by atoms with Crippen molar-refractivity contribution in [1.82, 2.24) is 5.06 Å². The number of amides is 2. The molecule has 0 atom stereocenters. The summed E-state index contributed by atoms with van der Waals surface area (Å²) in [6, 6.07) is 17.2. The molecule has 0 radical (unpaired) electrons. The third-order valence-corrected chi connectivity index (χ3v) is 6.08. The fourth-order valence-electron chi connectivity index (χ4n) is 2.95. The highest BCUT2D eigenvalue weighted by atomic mass is 35.5. The quantitative estimate of drug-likeness (QED) is 0.588. The maximum Gasteiger partial charge on any atom is 0.366 e. The fraction of sp³-hybridized carbons (Fsp3) is 0. The van der Waals surface area contributed by atoms with Crippen molar-refractivity contribution in [2.24, 2.45) is 0 Å². The molecule has 4 rings (SSSR count). The van der Waals surface area contributed by atoms with Crippen molar-refractivity contribution in [2.45, 2.75) is 4.90 Å². The van der Waals surface area contributed by atoms with E-state index in [1.165, 1.54) is 60.7 Å². The van der Waals surface area contributed by atoms with Crippen molar-refractivity contribution in [2.75, 3.05) is 4.72 Å². The van der Waals surface area contributed by atoms with E-state index in [-0.39, 0.29) is 27.3 Å². The second-order valence-electron chi connectivity index (χ2n) is 6.43. The highest BCUT2D eigenvalue weighted by molar-refractivity contribution is 7.92. The average Bonchev–Trinajstić information content (AvgIpc) is 2.99. The van der Waals surface area contributed by atoms with E-state index < -0.39 is 27.8 Å². The Bertz CT molecular complexity index is 1290. The van der Waals surface area contributed by atoms with E-state index >= 15 is 0 Å². The summed E-state index contributed by atoms with van der Waals surface area (Å²) in [5.74, 6) is -2.65. The molecule has 31 heavy (non-hydrogen) atoms. The van der Waals surface area contributed by atoms with Crippen LogP contribution in [0.25, 0.3) is 0 Å². The molecular formula is C21H13ClN2O6S. The predicted molar refractivity (Wildman–Crippen MR) is 111 cm³/mol. The number of anilines is 1. The number of rotatable bonds is 5.